The van der Waals surface area contributed by atoms with E-state index >= 15 is 0 Å². The lowest BCUT2D eigenvalue weighted by atomic mass is 10.0. The summed E-state index contributed by atoms with van der Waals surface area (Å²) < 4.78 is 28.2. The number of hydrogen-bond acceptors (Lipinski definition) is 4. The van der Waals surface area contributed by atoms with Crippen LogP contribution in [0.5, 0.6) is 0 Å². The monoisotopic (exact) mass is 429 g/mol. The highest BCUT2D eigenvalue weighted by molar-refractivity contribution is 7.92. The molecule has 2 N–H and O–H groups in total. The van der Waals surface area contributed by atoms with Crippen LogP contribution in [-0.4, -0.2) is 26.8 Å². The van der Waals surface area contributed by atoms with E-state index in [2.05, 4.69) is 10.0 Å². The van der Waals surface area contributed by atoms with E-state index in [1.54, 1.807) is 43.0 Å². The third-order valence-corrected chi connectivity index (χ3v) is 6.41. The van der Waals surface area contributed by atoms with Gasteiger partial charge in [-0.1, -0.05) is 26.8 Å². The van der Waals surface area contributed by atoms with Crippen LogP contribution in [0.1, 0.15) is 39.2 Å². The van der Waals surface area contributed by atoms with Crippen molar-refractivity contribution < 1.29 is 18.0 Å². The van der Waals surface area contributed by atoms with E-state index in [1.807, 2.05) is 13.0 Å². The highest BCUT2D eigenvalue weighted by Crippen LogP contribution is 2.31. The molecule has 0 aromatic heterocycles. The van der Waals surface area contributed by atoms with Gasteiger partial charge in [0.1, 0.15) is 0 Å². The largest absolute Gasteiger partial charge is 0.326 e. The maximum absolute atomic E-state index is 12.8. The molecule has 0 aliphatic carbocycles. The number of nitrogens with zero attached hydrogens (tertiary/aromatic N) is 1. The van der Waals surface area contributed by atoms with Crippen molar-refractivity contribution in [1.82, 2.24) is 0 Å². The second-order valence-electron chi connectivity index (χ2n) is 7.62. The van der Waals surface area contributed by atoms with E-state index in [4.69, 9.17) is 0 Å². The first-order chi connectivity index (χ1) is 14.2. The highest BCUT2D eigenvalue weighted by atomic mass is 32.2. The molecular weight excluding hydrogens is 402 g/mol. The average Bonchev–Trinajstić information content (AvgIpc) is 2.72. The Balaban J connectivity index is 1.80. The van der Waals surface area contributed by atoms with Crippen molar-refractivity contribution in [2.75, 3.05) is 21.5 Å². The third kappa shape index (κ3) is 4.81. The van der Waals surface area contributed by atoms with Crippen molar-refractivity contribution in [3.63, 3.8) is 0 Å². The summed E-state index contributed by atoms with van der Waals surface area (Å²) in [6.45, 7) is 6.02. The van der Waals surface area contributed by atoms with Crippen molar-refractivity contribution >= 4 is 38.9 Å². The van der Waals surface area contributed by atoms with Crippen LogP contribution < -0.4 is 14.9 Å². The average molecular weight is 430 g/mol. The summed E-state index contributed by atoms with van der Waals surface area (Å²) >= 11 is 0. The standard InChI is InChI=1S/C22H27N3O4S/c1-4-21(26)25-13-5-6-16-7-8-18(14-20(16)25)24-30(28,29)19-11-9-17(10-12-19)23-22(27)15(2)3/h7-12,14-15,24H,4-6,13H2,1-3H3,(H,23,27). The van der Waals surface area contributed by atoms with Crippen molar-refractivity contribution in [1.29, 1.82) is 0 Å². The highest BCUT2D eigenvalue weighted by Gasteiger charge is 2.23. The molecule has 1 aliphatic heterocycles. The zero-order chi connectivity index (χ0) is 21.9. The molecule has 0 atom stereocenters. The predicted molar refractivity (Wildman–Crippen MR) is 118 cm³/mol. The number of fused-ring (bicyclic) bond motifs is 1. The van der Waals surface area contributed by atoms with Gasteiger partial charge in [-0.2, -0.15) is 0 Å². The first-order valence-corrected chi connectivity index (χ1v) is 11.6. The number of benzene rings is 2. The number of hydrogen-bond donors (Lipinski definition) is 2. The minimum atomic E-state index is -3.81. The Morgan fingerprint density at radius 3 is 2.37 bits per heavy atom. The van der Waals surface area contributed by atoms with Crippen molar-refractivity contribution in [3.8, 4) is 0 Å². The molecular formula is C22H27N3O4S. The SMILES string of the molecule is CCC(=O)N1CCCc2ccc(NS(=O)(=O)c3ccc(NC(=O)C(C)C)cc3)cc21. The van der Waals surface area contributed by atoms with Crippen LogP contribution in [0.3, 0.4) is 0 Å². The fraction of sp³-hybridized carbons (Fsp3) is 0.364. The lowest BCUT2D eigenvalue weighted by Crippen LogP contribution is -2.35. The maximum Gasteiger partial charge on any atom is 0.261 e. The predicted octanol–water partition coefficient (Wildman–Crippen LogP) is 3.77. The molecule has 0 spiro atoms. The zero-order valence-corrected chi connectivity index (χ0v) is 18.3. The van der Waals surface area contributed by atoms with Crippen LogP contribution in [0.25, 0.3) is 0 Å². The van der Waals surface area contributed by atoms with Gasteiger partial charge in [-0.3, -0.25) is 14.3 Å². The molecule has 2 aromatic carbocycles. The summed E-state index contributed by atoms with van der Waals surface area (Å²) in [4.78, 5) is 25.8. The Hall–Kier alpha value is -2.87. The fourth-order valence-electron chi connectivity index (χ4n) is 3.31. The fourth-order valence-corrected chi connectivity index (χ4v) is 4.36. The van der Waals surface area contributed by atoms with Crippen molar-refractivity contribution in [3.05, 3.63) is 48.0 Å². The Kier molecular flexibility index (Phi) is 6.45. The summed E-state index contributed by atoms with van der Waals surface area (Å²) in [5, 5.41) is 2.73. The molecule has 2 amide bonds. The van der Waals surface area contributed by atoms with Crippen LogP contribution in [0.15, 0.2) is 47.4 Å². The van der Waals surface area contributed by atoms with Gasteiger partial charge in [-0.15, -0.1) is 0 Å². The Morgan fingerprint density at radius 1 is 1.07 bits per heavy atom. The molecule has 160 valence electrons. The lowest BCUT2D eigenvalue weighted by molar-refractivity contribution is -0.119. The van der Waals surface area contributed by atoms with E-state index in [0.717, 1.165) is 24.1 Å². The zero-order valence-electron chi connectivity index (χ0n) is 17.4. The Bertz CT molecular complexity index is 1050. The molecule has 30 heavy (non-hydrogen) atoms. The summed E-state index contributed by atoms with van der Waals surface area (Å²) in [5.74, 6) is -0.280. The number of aryl methyl sites for hydroxylation is 1. The minimum Gasteiger partial charge on any atom is -0.326 e. The molecule has 0 saturated heterocycles. The van der Waals surface area contributed by atoms with Gasteiger partial charge in [0.05, 0.1) is 10.6 Å². The molecule has 8 heteroatoms. The van der Waals surface area contributed by atoms with E-state index in [-0.39, 0.29) is 22.6 Å². The van der Waals surface area contributed by atoms with E-state index < -0.39 is 10.0 Å². The molecule has 0 unspecified atom stereocenters. The maximum atomic E-state index is 12.8. The first-order valence-electron chi connectivity index (χ1n) is 10.1. The van der Waals surface area contributed by atoms with Crippen molar-refractivity contribution in [2.24, 2.45) is 5.92 Å². The summed E-state index contributed by atoms with van der Waals surface area (Å²) in [6, 6.07) is 11.3. The van der Waals surface area contributed by atoms with E-state index in [9.17, 15) is 18.0 Å². The molecule has 0 saturated carbocycles. The molecule has 3 rings (SSSR count). The molecule has 0 bridgehead atoms. The van der Waals surface area contributed by atoms with Gasteiger partial charge < -0.3 is 10.2 Å². The van der Waals surface area contributed by atoms with Crippen LogP contribution >= 0.6 is 0 Å². The molecule has 1 aliphatic rings. The number of nitrogens with one attached hydrogen (secondary N) is 2. The van der Waals surface area contributed by atoms with Gasteiger partial charge in [0.15, 0.2) is 0 Å². The van der Waals surface area contributed by atoms with Crippen LogP contribution in [0.4, 0.5) is 17.1 Å². The van der Waals surface area contributed by atoms with Crippen molar-refractivity contribution in [2.45, 2.75) is 44.9 Å². The quantitative estimate of drug-likeness (QED) is 0.731. The van der Waals surface area contributed by atoms with Crippen LogP contribution in [0.2, 0.25) is 0 Å². The number of sulfonamides is 1. The van der Waals surface area contributed by atoms with Gasteiger partial charge in [0.25, 0.3) is 10.0 Å². The van der Waals surface area contributed by atoms with E-state index in [1.165, 1.54) is 12.1 Å². The smallest absolute Gasteiger partial charge is 0.261 e. The Labute approximate surface area is 177 Å². The van der Waals surface area contributed by atoms with Gasteiger partial charge in [0.2, 0.25) is 11.8 Å². The number of rotatable bonds is 6. The number of anilines is 3. The third-order valence-electron chi connectivity index (χ3n) is 5.02. The second kappa shape index (κ2) is 8.87. The summed E-state index contributed by atoms with van der Waals surface area (Å²) in [5.41, 5.74) is 2.74. The number of carbonyl (C=O) groups is 2. The van der Waals surface area contributed by atoms with E-state index in [0.29, 0.717) is 24.3 Å². The van der Waals surface area contributed by atoms with Gasteiger partial charge >= 0.3 is 0 Å². The molecule has 0 fully saturated rings. The summed E-state index contributed by atoms with van der Waals surface area (Å²) in [7, 11) is -3.81. The normalized spacial score (nSPS) is 13.7. The summed E-state index contributed by atoms with van der Waals surface area (Å²) in [6.07, 6.45) is 2.15. The lowest BCUT2D eigenvalue weighted by Gasteiger charge is -2.29. The minimum absolute atomic E-state index is 0.0231. The first kappa shape index (κ1) is 21.8. The number of carbonyl (C=O) groups excluding carboxylic acids is 2. The molecule has 1 heterocycles. The molecule has 2 aromatic rings. The molecule has 7 nitrogen and oxygen atoms in total. The Morgan fingerprint density at radius 2 is 1.73 bits per heavy atom. The van der Waals surface area contributed by atoms with Gasteiger partial charge in [-0.25, -0.2) is 8.42 Å². The number of amides is 2. The van der Waals surface area contributed by atoms with Gasteiger partial charge in [0, 0.05) is 30.3 Å². The topological polar surface area (TPSA) is 95.6 Å². The van der Waals surface area contributed by atoms with Gasteiger partial charge in [-0.05, 0) is 54.8 Å². The molecule has 0 radical (unpaired) electrons. The van der Waals surface area contributed by atoms with Crippen LogP contribution in [0, 0.1) is 5.92 Å². The second-order valence-corrected chi connectivity index (χ2v) is 9.30. The van der Waals surface area contributed by atoms with Crippen LogP contribution in [-0.2, 0) is 26.0 Å².